The van der Waals surface area contributed by atoms with Crippen LogP contribution in [-0.2, 0) is 6.54 Å². The molecule has 1 aromatic heterocycles. The van der Waals surface area contributed by atoms with Crippen LogP contribution in [0.25, 0.3) is 10.9 Å². The summed E-state index contributed by atoms with van der Waals surface area (Å²) in [6.45, 7) is 2.99. The molecule has 0 radical (unpaired) electrons. The lowest BCUT2D eigenvalue weighted by Gasteiger charge is -2.09. The van der Waals surface area contributed by atoms with E-state index < -0.39 is 0 Å². The zero-order chi connectivity index (χ0) is 14.8. The Kier molecular flexibility index (Phi) is 4.24. The molecule has 2 aromatic carbocycles. The van der Waals surface area contributed by atoms with Crippen molar-refractivity contribution in [1.82, 2.24) is 10.3 Å². The Morgan fingerprint density at radius 1 is 1.19 bits per heavy atom. The molecule has 0 aliphatic carbocycles. The quantitative estimate of drug-likeness (QED) is 0.709. The Morgan fingerprint density at radius 2 is 2.00 bits per heavy atom. The summed E-state index contributed by atoms with van der Waals surface area (Å²) in [4.78, 5) is 4.69. The van der Waals surface area contributed by atoms with Crippen LogP contribution in [0.5, 0.6) is 0 Å². The summed E-state index contributed by atoms with van der Waals surface area (Å²) in [7, 11) is 1.96. The van der Waals surface area contributed by atoms with Gasteiger partial charge in [0.1, 0.15) is 0 Å². The van der Waals surface area contributed by atoms with Gasteiger partial charge in [0.2, 0.25) is 0 Å². The fourth-order valence-electron chi connectivity index (χ4n) is 2.43. The SMILES string of the molecule is CNCc1ccc(Cl)cc1Sc1[nH]c2ccccc2c1C. The Balaban J connectivity index is 2.02. The minimum absolute atomic E-state index is 0.770. The second kappa shape index (κ2) is 6.14. The first-order chi connectivity index (χ1) is 10.2. The minimum Gasteiger partial charge on any atom is -0.349 e. The van der Waals surface area contributed by atoms with Crippen molar-refractivity contribution in [3.8, 4) is 0 Å². The van der Waals surface area contributed by atoms with Crippen LogP contribution >= 0.6 is 23.4 Å². The molecule has 108 valence electrons. The average Bonchev–Trinajstić information content (AvgIpc) is 2.79. The monoisotopic (exact) mass is 316 g/mol. The maximum absolute atomic E-state index is 6.16. The Bertz CT molecular complexity index is 780. The van der Waals surface area contributed by atoms with Crippen molar-refractivity contribution in [2.45, 2.75) is 23.4 Å². The number of H-pyrrole nitrogens is 1. The number of rotatable bonds is 4. The van der Waals surface area contributed by atoms with Crippen LogP contribution in [0.15, 0.2) is 52.4 Å². The molecule has 0 fully saturated rings. The summed E-state index contributed by atoms with van der Waals surface area (Å²) in [5.74, 6) is 0. The number of aryl methyl sites for hydroxylation is 1. The average molecular weight is 317 g/mol. The Morgan fingerprint density at radius 3 is 2.76 bits per heavy atom. The summed E-state index contributed by atoms with van der Waals surface area (Å²) < 4.78 is 0. The molecule has 21 heavy (non-hydrogen) atoms. The van der Waals surface area contributed by atoms with Crippen molar-refractivity contribution in [2.75, 3.05) is 7.05 Å². The lowest BCUT2D eigenvalue weighted by Crippen LogP contribution is -2.06. The number of aromatic amines is 1. The van der Waals surface area contributed by atoms with Crippen molar-refractivity contribution in [2.24, 2.45) is 0 Å². The van der Waals surface area contributed by atoms with Gasteiger partial charge in [-0.15, -0.1) is 0 Å². The molecular formula is C17H17ClN2S. The molecule has 0 spiro atoms. The van der Waals surface area contributed by atoms with E-state index in [1.807, 2.05) is 19.2 Å². The van der Waals surface area contributed by atoms with E-state index in [1.165, 1.54) is 32.0 Å². The van der Waals surface area contributed by atoms with E-state index in [1.54, 1.807) is 11.8 Å². The fraction of sp³-hybridized carbons (Fsp3) is 0.176. The van der Waals surface area contributed by atoms with Crippen LogP contribution in [-0.4, -0.2) is 12.0 Å². The number of nitrogens with one attached hydrogen (secondary N) is 2. The molecule has 0 saturated carbocycles. The molecule has 0 bridgehead atoms. The van der Waals surface area contributed by atoms with Gasteiger partial charge < -0.3 is 10.3 Å². The number of fused-ring (bicyclic) bond motifs is 1. The third-order valence-corrected chi connectivity index (χ3v) is 4.98. The highest BCUT2D eigenvalue weighted by atomic mass is 35.5. The molecule has 2 N–H and O–H groups in total. The van der Waals surface area contributed by atoms with Crippen LogP contribution in [0, 0.1) is 6.92 Å². The van der Waals surface area contributed by atoms with Crippen LogP contribution in [0.4, 0.5) is 0 Å². The van der Waals surface area contributed by atoms with Crippen molar-refractivity contribution in [3.05, 3.63) is 58.6 Å². The lowest BCUT2D eigenvalue weighted by molar-refractivity contribution is 0.803. The Hall–Kier alpha value is -1.42. The van der Waals surface area contributed by atoms with Crippen molar-refractivity contribution in [3.63, 3.8) is 0 Å². The number of halogens is 1. The molecule has 3 rings (SSSR count). The molecule has 0 atom stereocenters. The van der Waals surface area contributed by atoms with Gasteiger partial charge >= 0.3 is 0 Å². The highest BCUT2D eigenvalue weighted by Crippen LogP contribution is 2.36. The van der Waals surface area contributed by atoms with Crippen molar-refractivity contribution >= 4 is 34.3 Å². The van der Waals surface area contributed by atoms with E-state index in [0.717, 1.165) is 11.6 Å². The van der Waals surface area contributed by atoms with Crippen LogP contribution in [0.2, 0.25) is 5.02 Å². The second-order valence-corrected chi connectivity index (χ2v) is 6.50. The summed E-state index contributed by atoms with van der Waals surface area (Å²) in [6, 6.07) is 14.4. The molecule has 3 aromatic rings. The molecule has 0 amide bonds. The van der Waals surface area contributed by atoms with Gasteiger partial charge in [-0.25, -0.2) is 0 Å². The molecule has 0 saturated heterocycles. The van der Waals surface area contributed by atoms with E-state index in [2.05, 4.69) is 47.6 Å². The van der Waals surface area contributed by atoms with Gasteiger partial charge in [-0.05, 0) is 43.3 Å². The molecular weight excluding hydrogens is 300 g/mol. The number of para-hydroxylation sites is 1. The third kappa shape index (κ3) is 2.95. The van der Waals surface area contributed by atoms with E-state index in [9.17, 15) is 0 Å². The first-order valence-electron chi connectivity index (χ1n) is 6.87. The number of hydrogen-bond acceptors (Lipinski definition) is 2. The van der Waals surface area contributed by atoms with E-state index in [0.29, 0.717) is 0 Å². The van der Waals surface area contributed by atoms with Crippen molar-refractivity contribution in [1.29, 1.82) is 0 Å². The first-order valence-corrected chi connectivity index (χ1v) is 8.06. The molecule has 2 nitrogen and oxygen atoms in total. The minimum atomic E-state index is 0.770. The van der Waals surface area contributed by atoms with Gasteiger partial charge in [-0.1, -0.05) is 47.6 Å². The van der Waals surface area contributed by atoms with Crippen LogP contribution in [0.3, 0.4) is 0 Å². The normalized spacial score (nSPS) is 11.2. The van der Waals surface area contributed by atoms with Gasteiger partial charge in [-0.3, -0.25) is 0 Å². The highest BCUT2D eigenvalue weighted by Gasteiger charge is 2.11. The van der Waals surface area contributed by atoms with Crippen LogP contribution < -0.4 is 5.32 Å². The topological polar surface area (TPSA) is 27.8 Å². The summed E-state index contributed by atoms with van der Waals surface area (Å²) in [6.07, 6.45) is 0. The largest absolute Gasteiger partial charge is 0.349 e. The predicted octanol–water partition coefficient (Wildman–Crippen LogP) is 5.00. The van der Waals surface area contributed by atoms with E-state index in [-0.39, 0.29) is 0 Å². The maximum atomic E-state index is 6.16. The number of benzene rings is 2. The second-order valence-electron chi connectivity index (χ2n) is 5.01. The highest BCUT2D eigenvalue weighted by molar-refractivity contribution is 7.99. The maximum Gasteiger partial charge on any atom is 0.0810 e. The van der Waals surface area contributed by atoms with E-state index >= 15 is 0 Å². The Labute approximate surface area is 133 Å². The molecule has 0 unspecified atom stereocenters. The summed E-state index contributed by atoms with van der Waals surface area (Å²) >= 11 is 7.90. The summed E-state index contributed by atoms with van der Waals surface area (Å²) in [5.41, 5.74) is 3.71. The zero-order valence-electron chi connectivity index (χ0n) is 12.0. The summed E-state index contributed by atoms with van der Waals surface area (Å²) in [5, 5.41) is 6.43. The van der Waals surface area contributed by atoms with Crippen molar-refractivity contribution < 1.29 is 0 Å². The standard InChI is InChI=1S/C17H17ClN2S/c1-11-14-5-3-4-6-15(14)20-17(11)21-16-9-13(18)8-7-12(16)10-19-2/h3-9,19-20H,10H2,1-2H3. The predicted molar refractivity (Wildman–Crippen MR) is 91.4 cm³/mol. The molecule has 0 aliphatic rings. The number of aromatic nitrogens is 1. The fourth-order valence-corrected chi connectivity index (χ4v) is 3.77. The first kappa shape index (κ1) is 14.5. The smallest absolute Gasteiger partial charge is 0.0810 e. The van der Waals surface area contributed by atoms with Gasteiger partial charge in [0.15, 0.2) is 0 Å². The zero-order valence-corrected chi connectivity index (χ0v) is 13.6. The number of hydrogen-bond donors (Lipinski definition) is 2. The van der Waals surface area contributed by atoms with Crippen LogP contribution in [0.1, 0.15) is 11.1 Å². The third-order valence-electron chi connectivity index (χ3n) is 3.53. The van der Waals surface area contributed by atoms with Gasteiger partial charge in [0, 0.05) is 27.4 Å². The molecule has 4 heteroatoms. The molecule has 0 aliphatic heterocycles. The molecule has 1 heterocycles. The van der Waals surface area contributed by atoms with Gasteiger partial charge in [-0.2, -0.15) is 0 Å². The van der Waals surface area contributed by atoms with Gasteiger partial charge in [0.25, 0.3) is 0 Å². The van der Waals surface area contributed by atoms with Gasteiger partial charge in [0.05, 0.1) is 5.03 Å². The van der Waals surface area contributed by atoms with E-state index in [4.69, 9.17) is 11.6 Å². The lowest BCUT2D eigenvalue weighted by atomic mass is 10.2.